The van der Waals surface area contributed by atoms with Crippen LogP contribution in [0.1, 0.15) is 77.6 Å². The van der Waals surface area contributed by atoms with E-state index in [1.54, 1.807) is 0 Å². The number of esters is 1. The standard InChI is InChI=1S/C31H48F6O8/c1-2-3-4-5-6-7-8-9-10-11-12-13-14-15-16-41-17-18-42-19-20-43-21-22-44-23-24-45-27(38)25-26(28(39)30(32,33)34)29(40)31(35,36)37/h5-8,26H,2-4,9-25H2,1H3. The van der Waals surface area contributed by atoms with Gasteiger partial charge in [-0.1, -0.05) is 69.8 Å². The fourth-order valence-electron chi connectivity index (χ4n) is 3.75. The van der Waals surface area contributed by atoms with Crippen LogP contribution in [-0.2, 0) is 38.1 Å². The molecule has 0 aliphatic carbocycles. The molecule has 45 heavy (non-hydrogen) atoms. The molecule has 0 radical (unpaired) electrons. The first-order chi connectivity index (χ1) is 21.4. The zero-order valence-corrected chi connectivity index (χ0v) is 26.1. The van der Waals surface area contributed by atoms with Crippen molar-refractivity contribution in [1.82, 2.24) is 0 Å². The van der Waals surface area contributed by atoms with Crippen LogP contribution in [0.25, 0.3) is 0 Å². The summed E-state index contributed by atoms with van der Waals surface area (Å²) in [4.78, 5) is 33.9. The summed E-state index contributed by atoms with van der Waals surface area (Å²) in [7, 11) is 0. The first-order valence-corrected chi connectivity index (χ1v) is 15.4. The van der Waals surface area contributed by atoms with Crippen LogP contribution in [0.3, 0.4) is 0 Å². The van der Waals surface area contributed by atoms with Gasteiger partial charge in [-0.2, -0.15) is 26.3 Å². The van der Waals surface area contributed by atoms with Crippen molar-refractivity contribution in [2.45, 2.75) is 89.9 Å². The minimum Gasteiger partial charge on any atom is -0.463 e. The largest absolute Gasteiger partial charge is 0.463 e. The lowest BCUT2D eigenvalue weighted by Gasteiger charge is -2.17. The number of halogens is 6. The maximum Gasteiger partial charge on any atom is 0.450 e. The summed E-state index contributed by atoms with van der Waals surface area (Å²) < 4.78 is 101. The zero-order valence-electron chi connectivity index (χ0n) is 26.1. The van der Waals surface area contributed by atoms with Crippen LogP contribution < -0.4 is 0 Å². The molecular weight excluding hydrogens is 614 g/mol. The number of carbonyl (C=O) groups is 3. The Bertz CT molecular complexity index is 817. The first kappa shape index (κ1) is 42.7. The number of unbranched alkanes of at least 4 members (excludes halogenated alkanes) is 8. The summed E-state index contributed by atoms with van der Waals surface area (Å²) in [6.07, 6.45) is 7.38. The average Bonchev–Trinajstić information content (AvgIpc) is 2.97. The van der Waals surface area contributed by atoms with Gasteiger partial charge in [0, 0.05) is 6.61 Å². The van der Waals surface area contributed by atoms with E-state index in [2.05, 4.69) is 36.0 Å². The van der Waals surface area contributed by atoms with Gasteiger partial charge >= 0.3 is 18.3 Å². The van der Waals surface area contributed by atoms with Crippen LogP contribution in [-0.4, -0.2) is 89.4 Å². The highest BCUT2D eigenvalue weighted by atomic mass is 19.4. The van der Waals surface area contributed by atoms with E-state index in [4.69, 9.17) is 18.9 Å². The second kappa shape index (κ2) is 26.9. The molecule has 0 saturated carbocycles. The van der Waals surface area contributed by atoms with Gasteiger partial charge < -0.3 is 23.7 Å². The molecule has 0 unspecified atom stereocenters. The lowest BCUT2D eigenvalue weighted by Crippen LogP contribution is -2.42. The quantitative estimate of drug-likeness (QED) is 0.0281. The molecule has 0 aromatic heterocycles. The van der Waals surface area contributed by atoms with Crippen molar-refractivity contribution < 1.29 is 64.4 Å². The number of carbonyl (C=O) groups excluding carboxylic acids is 3. The maximum absolute atomic E-state index is 12.5. The van der Waals surface area contributed by atoms with E-state index in [-0.39, 0.29) is 26.4 Å². The summed E-state index contributed by atoms with van der Waals surface area (Å²) in [6, 6.07) is 0. The average molecular weight is 663 g/mol. The van der Waals surface area contributed by atoms with Gasteiger partial charge in [-0.05, 0) is 25.7 Å². The minimum atomic E-state index is -5.73. The van der Waals surface area contributed by atoms with Crippen LogP contribution >= 0.6 is 0 Å². The maximum atomic E-state index is 12.5. The topological polar surface area (TPSA) is 97.4 Å². The van der Waals surface area contributed by atoms with Crippen molar-refractivity contribution in [2.75, 3.05) is 59.5 Å². The SMILES string of the molecule is CCCCC=CC=CCCCCCCCCOCCOCCOCCOCCOC(=O)CC(C(=O)C(F)(F)F)C(=O)C(F)(F)F. The summed E-state index contributed by atoms with van der Waals surface area (Å²) in [5, 5.41) is 0. The molecule has 0 aliphatic heterocycles. The van der Waals surface area contributed by atoms with Gasteiger partial charge in [0.2, 0.25) is 11.6 Å². The van der Waals surface area contributed by atoms with E-state index >= 15 is 0 Å². The Morgan fingerprint density at radius 2 is 0.956 bits per heavy atom. The zero-order chi connectivity index (χ0) is 33.8. The highest BCUT2D eigenvalue weighted by Gasteiger charge is 2.54. The molecule has 0 fully saturated rings. The number of rotatable bonds is 29. The van der Waals surface area contributed by atoms with Crippen LogP contribution in [0.15, 0.2) is 24.3 Å². The van der Waals surface area contributed by atoms with Gasteiger partial charge in [0.05, 0.1) is 52.7 Å². The van der Waals surface area contributed by atoms with E-state index in [1.165, 1.54) is 38.5 Å². The predicted octanol–water partition coefficient (Wildman–Crippen LogP) is 6.90. The van der Waals surface area contributed by atoms with E-state index < -0.39 is 48.8 Å². The summed E-state index contributed by atoms with van der Waals surface area (Å²) >= 11 is 0. The fourth-order valence-corrected chi connectivity index (χ4v) is 3.75. The number of ketones is 2. The third kappa shape index (κ3) is 25.6. The van der Waals surface area contributed by atoms with Crippen LogP contribution in [0, 0.1) is 5.92 Å². The second-order valence-electron chi connectivity index (χ2n) is 10.1. The van der Waals surface area contributed by atoms with Crippen molar-refractivity contribution in [3.05, 3.63) is 24.3 Å². The Morgan fingerprint density at radius 3 is 1.42 bits per heavy atom. The van der Waals surface area contributed by atoms with Crippen LogP contribution in [0.2, 0.25) is 0 Å². The molecule has 8 nitrogen and oxygen atoms in total. The van der Waals surface area contributed by atoms with Crippen molar-refractivity contribution in [1.29, 1.82) is 0 Å². The highest BCUT2D eigenvalue weighted by molar-refractivity contribution is 6.08. The third-order valence-electron chi connectivity index (χ3n) is 6.19. The third-order valence-corrected chi connectivity index (χ3v) is 6.19. The lowest BCUT2D eigenvalue weighted by molar-refractivity contribution is -0.191. The van der Waals surface area contributed by atoms with Crippen molar-refractivity contribution in [3.8, 4) is 0 Å². The summed E-state index contributed by atoms with van der Waals surface area (Å²) in [6.45, 7) is 3.89. The minimum absolute atomic E-state index is 0.0657. The van der Waals surface area contributed by atoms with Crippen LogP contribution in [0.4, 0.5) is 26.3 Å². The molecule has 0 rings (SSSR count). The summed E-state index contributed by atoms with van der Waals surface area (Å²) in [5.74, 6) is -10.8. The van der Waals surface area contributed by atoms with Gasteiger partial charge in [0.25, 0.3) is 0 Å². The number of hydrogen-bond acceptors (Lipinski definition) is 8. The molecule has 0 saturated heterocycles. The summed E-state index contributed by atoms with van der Waals surface area (Å²) in [5.41, 5.74) is 0. The van der Waals surface area contributed by atoms with Gasteiger partial charge in [-0.25, -0.2) is 0 Å². The van der Waals surface area contributed by atoms with Gasteiger partial charge in [-0.3, -0.25) is 14.4 Å². The molecule has 0 N–H and O–H groups in total. The second-order valence-corrected chi connectivity index (χ2v) is 10.1. The smallest absolute Gasteiger partial charge is 0.450 e. The van der Waals surface area contributed by atoms with Crippen molar-refractivity contribution in [2.24, 2.45) is 5.92 Å². The Labute approximate surface area is 261 Å². The van der Waals surface area contributed by atoms with E-state index in [9.17, 15) is 40.7 Å². The number of allylic oxidation sites excluding steroid dienone is 4. The predicted molar refractivity (Wildman–Crippen MR) is 155 cm³/mol. The molecule has 0 aromatic rings. The van der Waals surface area contributed by atoms with E-state index in [0.717, 1.165) is 25.7 Å². The van der Waals surface area contributed by atoms with Crippen LogP contribution in [0.5, 0.6) is 0 Å². The molecule has 14 heteroatoms. The fraction of sp³-hybridized carbons (Fsp3) is 0.774. The monoisotopic (exact) mass is 662 g/mol. The molecule has 0 heterocycles. The van der Waals surface area contributed by atoms with Gasteiger partial charge in [-0.15, -0.1) is 0 Å². The molecule has 0 atom stereocenters. The van der Waals surface area contributed by atoms with Gasteiger partial charge in [0.1, 0.15) is 12.5 Å². The number of Topliss-reactive ketones (excluding diaryl/α,β-unsaturated/α-hetero) is 2. The van der Waals surface area contributed by atoms with E-state index in [0.29, 0.717) is 26.4 Å². The van der Waals surface area contributed by atoms with Crippen molar-refractivity contribution >= 4 is 17.5 Å². The Hall–Kier alpha value is -2.29. The Balaban J connectivity index is 3.58. The number of hydrogen-bond donors (Lipinski definition) is 0. The molecular formula is C31H48F6O8. The number of alkyl halides is 6. The molecule has 262 valence electrons. The van der Waals surface area contributed by atoms with E-state index in [1.807, 2.05) is 0 Å². The molecule has 0 aliphatic rings. The molecule has 0 aromatic carbocycles. The van der Waals surface area contributed by atoms with Crippen molar-refractivity contribution in [3.63, 3.8) is 0 Å². The molecule has 0 bridgehead atoms. The Morgan fingerprint density at radius 1 is 0.556 bits per heavy atom. The lowest BCUT2D eigenvalue weighted by atomic mass is 9.94. The van der Waals surface area contributed by atoms with Gasteiger partial charge in [0.15, 0.2) is 0 Å². The molecule has 0 spiro atoms. The Kier molecular flexibility index (Phi) is 25.5. The molecule has 0 amide bonds. The normalized spacial score (nSPS) is 12.5. The number of ether oxygens (including phenoxy) is 5. The highest BCUT2D eigenvalue weighted by Crippen LogP contribution is 2.29. The first-order valence-electron chi connectivity index (χ1n) is 15.4.